The molecule has 1 saturated heterocycles. The standard InChI is InChI=1S/C12H19F3N2O4/c1-11(2-4-21-5-3-11)7-16-10(20)17(6-9(18)19)8-12(13,14)15/h2-8H2,1H3,(H,16,20)(H,18,19). The van der Waals surface area contributed by atoms with E-state index in [9.17, 15) is 22.8 Å². The van der Waals surface area contributed by atoms with E-state index in [1.165, 1.54) is 0 Å². The lowest BCUT2D eigenvalue weighted by atomic mass is 9.82. The third-order valence-corrected chi connectivity index (χ3v) is 3.35. The largest absolute Gasteiger partial charge is 0.480 e. The van der Waals surface area contributed by atoms with Crippen LogP contribution in [-0.2, 0) is 9.53 Å². The van der Waals surface area contributed by atoms with Crippen molar-refractivity contribution in [2.24, 2.45) is 5.41 Å². The minimum absolute atomic E-state index is 0.184. The number of hydrogen-bond donors (Lipinski definition) is 2. The van der Waals surface area contributed by atoms with Crippen molar-refractivity contribution in [3.8, 4) is 0 Å². The van der Waals surface area contributed by atoms with Crippen LogP contribution in [0.2, 0.25) is 0 Å². The number of alkyl halides is 3. The Morgan fingerprint density at radius 1 is 1.33 bits per heavy atom. The lowest BCUT2D eigenvalue weighted by molar-refractivity contribution is -0.149. The number of halogens is 3. The van der Waals surface area contributed by atoms with E-state index in [0.29, 0.717) is 26.1 Å². The maximum atomic E-state index is 12.4. The van der Waals surface area contributed by atoms with Crippen molar-refractivity contribution in [3.05, 3.63) is 0 Å². The average Bonchev–Trinajstić information content (AvgIpc) is 2.34. The summed E-state index contributed by atoms with van der Waals surface area (Å²) in [6.45, 7) is 0.571. The predicted molar refractivity (Wildman–Crippen MR) is 66.8 cm³/mol. The number of nitrogens with one attached hydrogen (secondary N) is 1. The normalized spacial score (nSPS) is 18.1. The van der Waals surface area contributed by atoms with Gasteiger partial charge in [-0.1, -0.05) is 6.92 Å². The van der Waals surface area contributed by atoms with Crippen molar-refractivity contribution in [2.45, 2.75) is 25.9 Å². The fraction of sp³-hybridized carbons (Fsp3) is 0.833. The van der Waals surface area contributed by atoms with Crippen LogP contribution in [-0.4, -0.2) is 61.0 Å². The summed E-state index contributed by atoms with van der Waals surface area (Å²) in [5, 5.41) is 11.0. The van der Waals surface area contributed by atoms with Crippen LogP contribution in [0.1, 0.15) is 19.8 Å². The van der Waals surface area contributed by atoms with Crippen molar-refractivity contribution in [3.63, 3.8) is 0 Å². The van der Waals surface area contributed by atoms with E-state index >= 15 is 0 Å². The smallest absolute Gasteiger partial charge is 0.406 e. The Labute approximate surface area is 120 Å². The Kier molecular flexibility index (Phi) is 5.82. The molecule has 0 aromatic heterocycles. The van der Waals surface area contributed by atoms with Gasteiger partial charge in [0.2, 0.25) is 0 Å². The highest BCUT2D eigenvalue weighted by Crippen LogP contribution is 2.28. The van der Waals surface area contributed by atoms with Crippen LogP contribution in [0.3, 0.4) is 0 Å². The first kappa shape index (κ1) is 17.5. The molecule has 0 spiro atoms. The van der Waals surface area contributed by atoms with Crippen molar-refractivity contribution in [2.75, 3.05) is 32.8 Å². The van der Waals surface area contributed by atoms with Gasteiger partial charge in [-0.2, -0.15) is 13.2 Å². The summed E-state index contributed by atoms with van der Waals surface area (Å²) in [6.07, 6.45) is -3.27. The first-order chi connectivity index (χ1) is 9.61. The van der Waals surface area contributed by atoms with Gasteiger partial charge in [0.15, 0.2) is 0 Å². The predicted octanol–water partition coefficient (Wildman–Crippen LogP) is 1.46. The molecule has 0 radical (unpaired) electrons. The minimum Gasteiger partial charge on any atom is -0.480 e. The van der Waals surface area contributed by atoms with Crippen LogP contribution >= 0.6 is 0 Å². The Balaban J connectivity index is 2.57. The lowest BCUT2D eigenvalue weighted by Crippen LogP contribution is -2.49. The molecule has 1 aliphatic rings. The molecular formula is C12H19F3N2O4. The zero-order valence-electron chi connectivity index (χ0n) is 11.7. The maximum Gasteiger partial charge on any atom is 0.406 e. The molecule has 122 valence electrons. The van der Waals surface area contributed by atoms with Gasteiger partial charge in [0.1, 0.15) is 13.1 Å². The van der Waals surface area contributed by atoms with E-state index < -0.39 is 31.3 Å². The first-order valence-corrected chi connectivity index (χ1v) is 6.50. The van der Waals surface area contributed by atoms with E-state index in [4.69, 9.17) is 9.84 Å². The van der Waals surface area contributed by atoms with Crippen LogP contribution in [0.5, 0.6) is 0 Å². The molecule has 1 aliphatic heterocycles. The summed E-state index contributed by atoms with van der Waals surface area (Å²) in [6, 6.07) is -1.03. The van der Waals surface area contributed by atoms with Crippen molar-refractivity contribution in [1.82, 2.24) is 10.2 Å². The third-order valence-electron chi connectivity index (χ3n) is 3.35. The van der Waals surface area contributed by atoms with Crippen LogP contribution < -0.4 is 5.32 Å². The van der Waals surface area contributed by atoms with Gasteiger partial charge < -0.3 is 20.1 Å². The third kappa shape index (κ3) is 6.65. The molecule has 2 N–H and O–H groups in total. The van der Waals surface area contributed by atoms with Gasteiger partial charge in [-0.3, -0.25) is 4.79 Å². The Hall–Kier alpha value is -1.51. The summed E-state index contributed by atoms with van der Waals surface area (Å²) in [5.41, 5.74) is -0.249. The van der Waals surface area contributed by atoms with Gasteiger partial charge in [0, 0.05) is 19.8 Å². The van der Waals surface area contributed by atoms with E-state index in [1.807, 2.05) is 6.92 Å². The molecule has 1 rings (SSSR count). The number of ether oxygens (including phenoxy) is 1. The Morgan fingerprint density at radius 2 is 1.90 bits per heavy atom. The average molecular weight is 312 g/mol. The number of hydrogen-bond acceptors (Lipinski definition) is 3. The summed E-state index contributed by atoms with van der Waals surface area (Å²) in [7, 11) is 0. The van der Waals surface area contributed by atoms with Crippen LogP contribution in [0.15, 0.2) is 0 Å². The molecule has 2 amide bonds. The molecule has 0 aromatic carbocycles. The number of carboxylic acid groups (broad SMARTS) is 1. The molecule has 1 fully saturated rings. The zero-order valence-corrected chi connectivity index (χ0v) is 11.7. The minimum atomic E-state index is -4.64. The zero-order chi connectivity index (χ0) is 16.1. The van der Waals surface area contributed by atoms with Crippen molar-refractivity contribution >= 4 is 12.0 Å². The second kappa shape index (κ2) is 6.97. The van der Waals surface area contributed by atoms with E-state index in [-0.39, 0.29) is 16.9 Å². The van der Waals surface area contributed by atoms with E-state index in [2.05, 4.69) is 5.32 Å². The van der Waals surface area contributed by atoms with Crippen LogP contribution in [0.25, 0.3) is 0 Å². The lowest BCUT2D eigenvalue weighted by Gasteiger charge is -2.34. The van der Waals surface area contributed by atoms with Gasteiger partial charge >= 0.3 is 18.2 Å². The van der Waals surface area contributed by atoms with Gasteiger partial charge in [-0.15, -0.1) is 0 Å². The van der Waals surface area contributed by atoms with E-state index in [1.54, 1.807) is 0 Å². The number of amides is 2. The summed E-state index contributed by atoms with van der Waals surface area (Å²) < 4.78 is 42.3. The summed E-state index contributed by atoms with van der Waals surface area (Å²) in [4.78, 5) is 22.6. The second-order valence-corrected chi connectivity index (χ2v) is 5.45. The number of urea groups is 1. The molecule has 0 unspecified atom stereocenters. The molecule has 0 bridgehead atoms. The molecule has 6 nitrogen and oxygen atoms in total. The Morgan fingerprint density at radius 3 is 2.38 bits per heavy atom. The Bertz CT molecular complexity index is 381. The quantitative estimate of drug-likeness (QED) is 0.805. The molecule has 21 heavy (non-hydrogen) atoms. The van der Waals surface area contributed by atoms with Crippen molar-refractivity contribution < 1.29 is 32.6 Å². The second-order valence-electron chi connectivity index (χ2n) is 5.45. The maximum absolute atomic E-state index is 12.4. The number of nitrogens with zero attached hydrogens (tertiary/aromatic N) is 1. The van der Waals surface area contributed by atoms with Gasteiger partial charge in [-0.25, -0.2) is 4.79 Å². The molecule has 0 saturated carbocycles. The first-order valence-electron chi connectivity index (χ1n) is 6.50. The van der Waals surface area contributed by atoms with Gasteiger partial charge in [-0.05, 0) is 18.3 Å². The van der Waals surface area contributed by atoms with E-state index in [0.717, 1.165) is 0 Å². The SMILES string of the molecule is CC1(CNC(=O)N(CC(=O)O)CC(F)(F)F)CCOCC1. The monoisotopic (exact) mass is 312 g/mol. The number of carbonyl (C=O) groups is 2. The topological polar surface area (TPSA) is 78.9 Å². The molecule has 9 heteroatoms. The molecule has 0 aromatic rings. The van der Waals surface area contributed by atoms with Gasteiger partial charge in [0.05, 0.1) is 0 Å². The molecule has 0 atom stereocenters. The fourth-order valence-corrected chi connectivity index (χ4v) is 2.02. The molecular weight excluding hydrogens is 293 g/mol. The van der Waals surface area contributed by atoms with Crippen molar-refractivity contribution in [1.29, 1.82) is 0 Å². The molecule has 0 aliphatic carbocycles. The number of aliphatic carboxylic acids is 1. The highest BCUT2D eigenvalue weighted by atomic mass is 19.4. The summed E-state index contributed by atoms with van der Waals surface area (Å²) >= 11 is 0. The number of carboxylic acids is 1. The summed E-state index contributed by atoms with van der Waals surface area (Å²) in [5.74, 6) is -1.49. The van der Waals surface area contributed by atoms with Crippen LogP contribution in [0.4, 0.5) is 18.0 Å². The number of carbonyl (C=O) groups excluding carboxylic acids is 1. The highest BCUT2D eigenvalue weighted by molar-refractivity contribution is 5.80. The molecule has 1 heterocycles. The fourth-order valence-electron chi connectivity index (χ4n) is 2.02. The number of rotatable bonds is 5. The van der Waals surface area contributed by atoms with Gasteiger partial charge in [0.25, 0.3) is 0 Å². The highest BCUT2D eigenvalue weighted by Gasteiger charge is 2.35. The van der Waals surface area contributed by atoms with Crippen LogP contribution in [0, 0.1) is 5.41 Å².